The molecule has 0 aliphatic rings. The summed E-state index contributed by atoms with van der Waals surface area (Å²) in [6.07, 6.45) is 0. The summed E-state index contributed by atoms with van der Waals surface area (Å²) >= 11 is 1.85. The molecule has 0 fully saturated rings. The Kier molecular flexibility index (Phi) is 1.69. The first-order valence-corrected chi connectivity index (χ1v) is 5.02. The second-order valence-electron chi connectivity index (χ2n) is 3.30. The molecule has 0 saturated heterocycles. The molecule has 0 aliphatic carbocycles. The molecule has 0 unspecified atom stereocenters. The highest BCUT2D eigenvalue weighted by atomic mass is 32.1. The third kappa shape index (κ3) is 0.969. The largest absolute Gasteiger partial charge is 0.143 e. The standard InChI is InChI=1S/C11H12S/c1-7-4-5-10-8(2)6-12-11(10)9(7)3/h4-6H,1-3H3. The topological polar surface area (TPSA) is 0 Å². The molecule has 0 radical (unpaired) electrons. The molecule has 62 valence electrons. The number of fused-ring (bicyclic) bond motifs is 1. The molecule has 2 rings (SSSR count). The fourth-order valence-corrected chi connectivity index (χ4v) is 2.58. The molecule has 0 N–H and O–H groups in total. The van der Waals surface area contributed by atoms with E-state index in [1.165, 1.54) is 26.8 Å². The van der Waals surface area contributed by atoms with Crippen LogP contribution in [0.1, 0.15) is 16.7 Å². The maximum absolute atomic E-state index is 2.23. The predicted molar refractivity (Wildman–Crippen MR) is 56.0 cm³/mol. The highest BCUT2D eigenvalue weighted by Gasteiger charge is 2.03. The van der Waals surface area contributed by atoms with Gasteiger partial charge in [-0.25, -0.2) is 0 Å². The third-order valence-electron chi connectivity index (χ3n) is 2.46. The van der Waals surface area contributed by atoms with E-state index in [0.717, 1.165) is 0 Å². The molecule has 0 bridgehead atoms. The number of benzene rings is 1. The van der Waals surface area contributed by atoms with E-state index in [4.69, 9.17) is 0 Å². The van der Waals surface area contributed by atoms with Crippen molar-refractivity contribution in [3.63, 3.8) is 0 Å². The molecule has 12 heavy (non-hydrogen) atoms. The van der Waals surface area contributed by atoms with Crippen molar-refractivity contribution in [2.75, 3.05) is 0 Å². The summed E-state index contributed by atoms with van der Waals surface area (Å²) in [5.41, 5.74) is 4.23. The van der Waals surface area contributed by atoms with Crippen LogP contribution < -0.4 is 0 Å². The van der Waals surface area contributed by atoms with Crippen LogP contribution in [0.3, 0.4) is 0 Å². The summed E-state index contributed by atoms with van der Waals surface area (Å²) in [5, 5.41) is 3.65. The van der Waals surface area contributed by atoms with Crippen LogP contribution in [0.25, 0.3) is 10.1 Å². The average Bonchev–Trinajstić information content (AvgIpc) is 2.41. The normalized spacial score (nSPS) is 10.9. The van der Waals surface area contributed by atoms with E-state index in [0.29, 0.717) is 0 Å². The molecular weight excluding hydrogens is 164 g/mol. The summed E-state index contributed by atoms with van der Waals surface area (Å²) in [7, 11) is 0. The zero-order chi connectivity index (χ0) is 8.72. The van der Waals surface area contributed by atoms with Gasteiger partial charge in [0.05, 0.1) is 0 Å². The molecule has 0 aliphatic heterocycles. The number of hydrogen-bond donors (Lipinski definition) is 0. The molecule has 1 heteroatoms. The molecule has 0 spiro atoms. The second-order valence-corrected chi connectivity index (χ2v) is 4.18. The third-order valence-corrected chi connectivity index (χ3v) is 3.69. The predicted octanol–water partition coefficient (Wildman–Crippen LogP) is 3.83. The lowest BCUT2D eigenvalue weighted by atomic mass is 10.1. The second kappa shape index (κ2) is 2.60. The Morgan fingerprint density at radius 2 is 1.75 bits per heavy atom. The lowest BCUT2D eigenvalue weighted by molar-refractivity contribution is 1.39. The first-order valence-electron chi connectivity index (χ1n) is 4.14. The molecule has 1 heterocycles. The first-order chi connectivity index (χ1) is 5.70. The van der Waals surface area contributed by atoms with Gasteiger partial charge in [-0.3, -0.25) is 0 Å². The molecule has 0 saturated carbocycles. The highest BCUT2D eigenvalue weighted by Crippen LogP contribution is 2.29. The molecule has 0 atom stereocenters. The highest BCUT2D eigenvalue weighted by molar-refractivity contribution is 7.17. The van der Waals surface area contributed by atoms with Gasteiger partial charge in [-0.05, 0) is 48.2 Å². The van der Waals surface area contributed by atoms with E-state index in [1.807, 2.05) is 11.3 Å². The average molecular weight is 176 g/mol. The fraction of sp³-hybridized carbons (Fsp3) is 0.273. The van der Waals surface area contributed by atoms with Crippen molar-refractivity contribution in [3.8, 4) is 0 Å². The van der Waals surface area contributed by atoms with E-state index < -0.39 is 0 Å². The molecule has 1 aromatic carbocycles. The number of thiophene rings is 1. The van der Waals surface area contributed by atoms with Gasteiger partial charge in [0.25, 0.3) is 0 Å². The summed E-state index contributed by atoms with van der Waals surface area (Å²) in [5.74, 6) is 0. The van der Waals surface area contributed by atoms with Gasteiger partial charge in [-0.2, -0.15) is 0 Å². The summed E-state index contributed by atoms with van der Waals surface area (Å²) in [6.45, 7) is 6.55. The molecular formula is C11H12S. The van der Waals surface area contributed by atoms with E-state index in [9.17, 15) is 0 Å². The van der Waals surface area contributed by atoms with Crippen LogP contribution in [0.15, 0.2) is 17.5 Å². The van der Waals surface area contributed by atoms with E-state index in [-0.39, 0.29) is 0 Å². The van der Waals surface area contributed by atoms with Gasteiger partial charge in [0.2, 0.25) is 0 Å². The fourth-order valence-electron chi connectivity index (χ4n) is 1.46. The Hall–Kier alpha value is -0.820. The van der Waals surface area contributed by atoms with Crippen molar-refractivity contribution < 1.29 is 0 Å². The van der Waals surface area contributed by atoms with Crippen LogP contribution in [0.2, 0.25) is 0 Å². The Morgan fingerprint density at radius 1 is 1.00 bits per heavy atom. The van der Waals surface area contributed by atoms with Gasteiger partial charge in [0.1, 0.15) is 0 Å². The lowest BCUT2D eigenvalue weighted by Gasteiger charge is -2.00. The Bertz CT molecular complexity index is 424. The first kappa shape index (κ1) is 7.81. The van der Waals surface area contributed by atoms with E-state index >= 15 is 0 Å². The minimum absolute atomic E-state index is 1.39. The quantitative estimate of drug-likeness (QED) is 0.572. The monoisotopic (exact) mass is 176 g/mol. The maximum Gasteiger partial charge on any atom is 0.0377 e. The van der Waals surface area contributed by atoms with Crippen LogP contribution in [0.5, 0.6) is 0 Å². The van der Waals surface area contributed by atoms with Gasteiger partial charge in [0, 0.05) is 4.70 Å². The molecule has 2 aromatic rings. The van der Waals surface area contributed by atoms with Gasteiger partial charge < -0.3 is 0 Å². The van der Waals surface area contributed by atoms with Crippen LogP contribution in [0.4, 0.5) is 0 Å². The van der Waals surface area contributed by atoms with E-state index in [2.05, 4.69) is 38.3 Å². The van der Waals surface area contributed by atoms with Crippen molar-refractivity contribution in [1.82, 2.24) is 0 Å². The van der Waals surface area contributed by atoms with Crippen molar-refractivity contribution in [2.24, 2.45) is 0 Å². The lowest BCUT2D eigenvalue weighted by Crippen LogP contribution is -1.79. The zero-order valence-corrected chi connectivity index (χ0v) is 8.46. The van der Waals surface area contributed by atoms with Crippen molar-refractivity contribution in [1.29, 1.82) is 0 Å². The van der Waals surface area contributed by atoms with Crippen LogP contribution in [-0.2, 0) is 0 Å². The van der Waals surface area contributed by atoms with E-state index in [1.54, 1.807) is 0 Å². The van der Waals surface area contributed by atoms with Gasteiger partial charge in [-0.1, -0.05) is 12.1 Å². The van der Waals surface area contributed by atoms with Crippen LogP contribution >= 0.6 is 11.3 Å². The van der Waals surface area contributed by atoms with Gasteiger partial charge >= 0.3 is 0 Å². The van der Waals surface area contributed by atoms with Crippen LogP contribution in [-0.4, -0.2) is 0 Å². The Labute approximate surface area is 76.8 Å². The van der Waals surface area contributed by atoms with Crippen molar-refractivity contribution >= 4 is 21.4 Å². The summed E-state index contributed by atoms with van der Waals surface area (Å²) in [4.78, 5) is 0. The molecule has 0 nitrogen and oxygen atoms in total. The number of hydrogen-bond acceptors (Lipinski definition) is 1. The van der Waals surface area contributed by atoms with Crippen molar-refractivity contribution in [2.45, 2.75) is 20.8 Å². The minimum atomic E-state index is 1.39. The zero-order valence-electron chi connectivity index (χ0n) is 7.64. The number of aryl methyl sites for hydroxylation is 3. The smallest absolute Gasteiger partial charge is 0.0377 e. The Morgan fingerprint density at radius 3 is 2.50 bits per heavy atom. The van der Waals surface area contributed by atoms with Crippen molar-refractivity contribution in [3.05, 3.63) is 34.2 Å². The summed E-state index contributed by atoms with van der Waals surface area (Å²) < 4.78 is 1.45. The van der Waals surface area contributed by atoms with Gasteiger partial charge in [-0.15, -0.1) is 11.3 Å². The number of rotatable bonds is 0. The molecule has 0 amide bonds. The van der Waals surface area contributed by atoms with Gasteiger partial charge in [0.15, 0.2) is 0 Å². The van der Waals surface area contributed by atoms with Crippen LogP contribution in [0, 0.1) is 20.8 Å². The maximum atomic E-state index is 2.23. The molecule has 1 aromatic heterocycles. The Balaban J connectivity index is 2.93. The minimum Gasteiger partial charge on any atom is -0.143 e. The summed E-state index contributed by atoms with van der Waals surface area (Å²) in [6, 6.07) is 4.43. The SMILES string of the molecule is Cc1ccc2c(C)csc2c1C.